The van der Waals surface area contributed by atoms with Gasteiger partial charge in [0.05, 0.1) is 7.11 Å². The zero-order chi connectivity index (χ0) is 17.5. The highest BCUT2D eigenvalue weighted by Crippen LogP contribution is 2.33. The van der Waals surface area contributed by atoms with E-state index in [9.17, 15) is 4.79 Å². The second-order valence-electron chi connectivity index (χ2n) is 6.82. The van der Waals surface area contributed by atoms with Gasteiger partial charge in [0.15, 0.2) is 0 Å². The number of hydrogen-bond donors (Lipinski definition) is 1. The van der Waals surface area contributed by atoms with Crippen molar-refractivity contribution in [3.63, 3.8) is 0 Å². The Balaban J connectivity index is 1.89. The second-order valence-corrected chi connectivity index (χ2v) is 6.82. The van der Waals surface area contributed by atoms with Gasteiger partial charge in [-0.1, -0.05) is 25.1 Å². The van der Waals surface area contributed by atoms with Crippen molar-refractivity contribution in [2.24, 2.45) is 0 Å². The van der Waals surface area contributed by atoms with Gasteiger partial charge >= 0.3 is 6.03 Å². The fourth-order valence-corrected chi connectivity index (χ4v) is 3.38. The summed E-state index contributed by atoms with van der Waals surface area (Å²) in [5.41, 5.74) is 1.26. The molecule has 0 aliphatic carbocycles. The maximum Gasteiger partial charge on any atom is 0.317 e. The molecule has 1 atom stereocenters. The molecule has 1 aromatic rings. The Kier molecular flexibility index (Phi) is 6.91. The standard InChI is InChI=1S/C19H31N3O2/c1-5-16(14-21(2)3)20-19(23)22-12-10-15(11-13-22)17-8-6-7-9-18(17)24-4/h6-9,15-16H,5,10-14H2,1-4H3,(H,20,23)/t16-/m1/s1. The molecule has 5 heteroatoms. The third-order valence-electron chi connectivity index (χ3n) is 4.77. The molecule has 24 heavy (non-hydrogen) atoms. The summed E-state index contributed by atoms with van der Waals surface area (Å²) in [6.45, 7) is 4.59. The average Bonchev–Trinajstić information content (AvgIpc) is 2.60. The van der Waals surface area contributed by atoms with Crippen LogP contribution in [0.1, 0.15) is 37.7 Å². The summed E-state index contributed by atoms with van der Waals surface area (Å²) in [4.78, 5) is 16.5. The number of urea groups is 1. The number of piperidine rings is 1. The van der Waals surface area contributed by atoms with Crippen LogP contribution in [0.5, 0.6) is 5.75 Å². The summed E-state index contributed by atoms with van der Waals surface area (Å²) in [5, 5.41) is 3.17. The summed E-state index contributed by atoms with van der Waals surface area (Å²) in [6.07, 6.45) is 2.91. The molecule has 5 nitrogen and oxygen atoms in total. The van der Waals surface area contributed by atoms with Gasteiger partial charge < -0.3 is 19.9 Å². The van der Waals surface area contributed by atoms with E-state index in [0.717, 1.165) is 44.6 Å². The first kappa shape index (κ1) is 18.6. The highest BCUT2D eigenvalue weighted by Gasteiger charge is 2.26. The van der Waals surface area contributed by atoms with Crippen molar-refractivity contribution in [2.45, 2.75) is 38.1 Å². The Bertz CT molecular complexity index is 525. The van der Waals surface area contributed by atoms with Crippen LogP contribution in [0.3, 0.4) is 0 Å². The quantitative estimate of drug-likeness (QED) is 0.870. The van der Waals surface area contributed by atoms with Crippen molar-refractivity contribution in [2.75, 3.05) is 40.8 Å². The number of ether oxygens (including phenoxy) is 1. The van der Waals surface area contributed by atoms with Crippen molar-refractivity contribution in [3.8, 4) is 5.75 Å². The molecule has 134 valence electrons. The number of carbonyl (C=O) groups excluding carboxylic acids is 1. The zero-order valence-electron chi connectivity index (χ0n) is 15.4. The number of likely N-dealkylation sites (tertiary alicyclic amines) is 1. The van der Waals surface area contributed by atoms with Crippen molar-refractivity contribution < 1.29 is 9.53 Å². The summed E-state index contributed by atoms with van der Waals surface area (Å²) in [6, 6.07) is 8.50. The first-order valence-electron chi connectivity index (χ1n) is 8.88. The Morgan fingerprint density at radius 3 is 2.58 bits per heavy atom. The fourth-order valence-electron chi connectivity index (χ4n) is 3.38. The molecule has 1 N–H and O–H groups in total. The molecule has 1 saturated heterocycles. The van der Waals surface area contributed by atoms with Crippen LogP contribution in [-0.4, -0.2) is 62.7 Å². The minimum Gasteiger partial charge on any atom is -0.496 e. The van der Waals surface area contributed by atoms with Crippen molar-refractivity contribution in [1.29, 1.82) is 0 Å². The molecule has 2 amide bonds. The number of carbonyl (C=O) groups is 1. The lowest BCUT2D eigenvalue weighted by Gasteiger charge is -2.34. The molecule has 1 aliphatic heterocycles. The van der Waals surface area contributed by atoms with Crippen LogP contribution in [0.4, 0.5) is 4.79 Å². The average molecular weight is 333 g/mol. The van der Waals surface area contributed by atoms with E-state index < -0.39 is 0 Å². The number of nitrogens with zero attached hydrogens (tertiary/aromatic N) is 2. The molecule has 1 fully saturated rings. The van der Waals surface area contributed by atoms with E-state index in [1.807, 2.05) is 31.1 Å². The van der Waals surface area contributed by atoms with Gasteiger partial charge in [0.1, 0.15) is 5.75 Å². The van der Waals surface area contributed by atoms with Crippen LogP contribution < -0.4 is 10.1 Å². The predicted molar refractivity (Wildman–Crippen MR) is 97.7 cm³/mol. The Morgan fingerprint density at radius 1 is 1.33 bits per heavy atom. The van der Waals surface area contributed by atoms with E-state index in [4.69, 9.17) is 4.74 Å². The molecule has 1 heterocycles. The lowest BCUT2D eigenvalue weighted by atomic mass is 9.89. The molecule has 2 rings (SSSR count). The van der Waals surface area contributed by atoms with Gasteiger partial charge in [0.25, 0.3) is 0 Å². The summed E-state index contributed by atoms with van der Waals surface area (Å²) < 4.78 is 5.48. The van der Waals surface area contributed by atoms with Crippen LogP contribution >= 0.6 is 0 Å². The van der Waals surface area contributed by atoms with E-state index in [1.165, 1.54) is 5.56 Å². The number of benzene rings is 1. The molecular weight excluding hydrogens is 302 g/mol. The minimum absolute atomic E-state index is 0.0715. The highest BCUT2D eigenvalue weighted by atomic mass is 16.5. The lowest BCUT2D eigenvalue weighted by molar-refractivity contribution is 0.174. The van der Waals surface area contributed by atoms with Gasteiger partial charge in [-0.2, -0.15) is 0 Å². The van der Waals surface area contributed by atoms with Crippen molar-refractivity contribution >= 4 is 6.03 Å². The van der Waals surface area contributed by atoms with E-state index in [0.29, 0.717) is 5.92 Å². The summed E-state index contributed by atoms with van der Waals surface area (Å²) in [5.74, 6) is 1.42. The molecule has 0 radical (unpaired) electrons. The molecule has 0 spiro atoms. The van der Waals surface area contributed by atoms with E-state index in [2.05, 4.69) is 29.3 Å². The van der Waals surface area contributed by atoms with Gasteiger partial charge in [0, 0.05) is 25.7 Å². The van der Waals surface area contributed by atoms with Crippen molar-refractivity contribution in [1.82, 2.24) is 15.1 Å². The largest absolute Gasteiger partial charge is 0.496 e. The van der Waals surface area contributed by atoms with E-state index >= 15 is 0 Å². The number of nitrogens with one attached hydrogen (secondary N) is 1. The van der Waals surface area contributed by atoms with Gasteiger partial charge in [-0.3, -0.25) is 0 Å². The van der Waals surface area contributed by atoms with E-state index in [1.54, 1.807) is 7.11 Å². The Labute approximate surface area is 146 Å². The van der Waals surface area contributed by atoms with Gasteiger partial charge in [-0.15, -0.1) is 0 Å². The number of likely N-dealkylation sites (N-methyl/N-ethyl adjacent to an activating group) is 1. The summed E-state index contributed by atoms with van der Waals surface area (Å²) >= 11 is 0. The predicted octanol–water partition coefficient (Wildman–Crippen LogP) is 2.92. The first-order valence-corrected chi connectivity index (χ1v) is 8.88. The molecule has 0 aromatic heterocycles. The Morgan fingerprint density at radius 2 is 2.00 bits per heavy atom. The van der Waals surface area contributed by atoms with Crippen molar-refractivity contribution in [3.05, 3.63) is 29.8 Å². The number of para-hydroxylation sites is 1. The van der Waals surface area contributed by atoms with Crippen LogP contribution in [0.2, 0.25) is 0 Å². The summed E-state index contributed by atoms with van der Waals surface area (Å²) in [7, 11) is 5.79. The molecule has 1 aromatic carbocycles. The lowest BCUT2D eigenvalue weighted by Crippen LogP contribution is -2.49. The van der Waals surface area contributed by atoms with E-state index in [-0.39, 0.29) is 12.1 Å². The topological polar surface area (TPSA) is 44.8 Å². The minimum atomic E-state index is 0.0715. The number of hydrogen-bond acceptors (Lipinski definition) is 3. The number of rotatable bonds is 6. The van der Waals surface area contributed by atoms with Crippen LogP contribution in [0.25, 0.3) is 0 Å². The first-order chi connectivity index (χ1) is 11.5. The monoisotopic (exact) mass is 333 g/mol. The highest BCUT2D eigenvalue weighted by molar-refractivity contribution is 5.74. The Hall–Kier alpha value is -1.75. The van der Waals surface area contributed by atoms with Gasteiger partial charge in [0.2, 0.25) is 0 Å². The smallest absolute Gasteiger partial charge is 0.317 e. The van der Waals surface area contributed by atoms with Crippen LogP contribution in [0, 0.1) is 0 Å². The molecule has 0 unspecified atom stereocenters. The van der Waals surface area contributed by atoms with Gasteiger partial charge in [-0.25, -0.2) is 4.79 Å². The number of methoxy groups -OCH3 is 1. The number of amides is 2. The second kappa shape index (κ2) is 8.92. The molecule has 0 bridgehead atoms. The van der Waals surface area contributed by atoms with Crippen LogP contribution in [0.15, 0.2) is 24.3 Å². The molecule has 0 saturated carbocycles. The third kappa shape index (κ3) is 4.87. The SMILES string of the molecule is CC[C@H](CN(C)C)NC(=O)N1CCC(c2ccccc2OC)CC1. The maximum atomic E-state index is 12.5. The van der Waals surface area contributed by atoms with Crippen LogP contribution in [-0.2, 0) is 0 Å². The maximum absolute atomic E-state index is 12.5. The molecule has 1 aliphatic rings. The fraction of sp³-hybridized carbons (Fsp3) is 0.632. The third-order valence-corrected chi connectivity index (χ3v) is 4.77. The normalized spacial score (nSPS) is 17.0. The molecular formula is C19H31N3O2. The van der Waals surface area contributed by atoms with Gasteiger partial charge in [-0.05, 0) is 50.9 Å². The zero-order valence-corrected chi connectivity index (χ0v) is 15.4.